The molecule has 8 heteroatoms. The van der Waals surface area contributed by atoms with Gasteiger partial charge in [0.2, 0.25) is 0 Å². The van der Waals surface area contributed by atoms with E-state index in [0.717, 1.165) is 24.3 Å². The maximum absolute atomic E-state index is 12.0. The Morgan fingerprint density at radius 1 is 1.22 bits per heavy atom. The van der Waals surface area contributed by atoms with Crippen LogP contribution in [0.3, 0.4) is 0 Å². The van der Waals surface area contributed by atoms with Gasteiger partial charge in [-0.1, -0.05) is 31.1 Å². The van der Waals surface area contributed by atoms with Crippen molar-refractivity contribution in [2.24, 2.45) is 11.1 Å². The molecule has 0 aliphatic carbocycles. The van der Waals surface area contributed by atoms with Gasteiger partial charge >= 0.3 is 12.1 Å². The maximum Gasteiger partial charge on any atom is 0.409 e. The SMILES string of the molecule is CC(C)COC(=O)N1CCN(c2ccc(C3CC(C(=O)O)=NO3)cc2)CC1. The largest absolute Gasteiger partial charge is 0.477 e. The van der Waals surface area contributed by atoms with Crippen molar-refractivity contribution in [2.45, 2.75) is 26.4 Å². The molecule has 1 aromatic rings. The third-order valence-electron chi connectivity index (χ3n) is 4.62. The molecular formula is C19H25N3O5. The van der Waals surface area contributed by atoms with E-state index < -0.39 is 5.97 Å². The molecule has 8 nitrogen and oxygen atoms in total. The number of benzene rings is 1. The summed E-state index contributed by atoms with van der Waals surface area (Å²) in [6, 6.07) is 7.85. The van der Waals surface area contributed by atoms with Crippen LogP contribution in [0.15, 0.2) is 29.4 Å². The number of hydrogen-bond donors (Lipinski definition) is 1. The van der Waals surface area contributed by atoms with Crippen molar-refractivity contribution < 1.29 is 24.3 Å². The molecule has 1 unspecified atom stereocenters. The van der Waals surface area contributed by atoms with Gasteiger partial charge in [0, 0.05) is 38.3 Å². The van der Waals surface area contributed by atoms with Crippen LogP contribution in [-0.4, -0.2) is 60.6 Å². The van der Waals surface area contributed by atoms with Crippen molar-refractivity contribution in [3.8, 4) is 0 Å². The second-order valence-corrected chi connectivity index (χ2v) is 7.18. The summed E-state index contributed by atoms with van der Waals surface area (Å²) in [6.07, 6.45) is -0.324. The number of carbonyl (C=O) groups excluding carboxylic acids is 1. The minimum atomic E-state index is -1.04. The van der Waals surface area contributed by atoms with Crippen LogP contribution in [0.5, 0.6) is 0 Å². The van der Waals surface area contributed by atoms with Crippen molar-refractivity contribution in [1.29, 1.82) is 0 Å². The highest BCUT2D eigenvalue weighted by Crippen LogP contribution is 2.29. The average molecular weight is 375 g/mol. The fourth-order valence-electron chi connectivity index (χ4n) is 3.06. The van der Waals surface area contributed by atoms with Crippen LogP contribution in [0.2, 0.25) is 0 Å². The third-order valence-corrected chi connectivity index (χ3v) is 4.62. The summed E-state index contributed by atoms with van der Waals surface area (Å²) in [6.45, 7) is 7.20. The summed E-state index contributed by atoms with van der Waals surface area (Å²) in [4.78, 5) is 32.1. The number of ether oxygens (including phenoxy) is 1. The van der Waals surface area contributed by atoms with Gasteiger partial charge in [-0.2, -0.15) is 0 Å². The summed E-state index contributed by atoms with van der Waals surface area (Å²) in [5.41, 5.74) is 2.01. The highest BCUT2D eigenvalue weighted by atomic mass is 16.6. The number of anilines is 1. The molecule has 0 saturated carbocycles. The smallest absolute Gasteiger partial charge is 0.409 e. The first-order valence-electron chi connectivity index (χ1n) is 9.16. The van der Waals surface area contributed by atoms with Crippen LogP contribution < -0.4 is 4.90 Å². The van der Waals surface area contributed by atoms with Crippen molar-refractivity contribution in [3.63, 3.8) is 0 Å². The molecule has 1 atom stereocenters. The van der Waals surface area contributed by atoms with E-state index >= 15 is 0 Å². The number of oxime groups is 1. The number of nitrogens with zero attached hydrogens (tertiary/aromatic N) is 3. The van der Waals surface area contributed by atoms with Gasteiger partial charge < -0.3 is 24.5 Å². The van der Waals surface area contributed by atoms with Gasteiger partial charge in [-0.25, -0.2) is 9.59 Å². The van der Waals surface area contributed by atoms with Crippen LogP contribution >= 0.6 is 0 Å². The number of rotatable bonds is 5. The lowest BCUT2D eigenvalue weighted by molar-refractivity contribution is -0.129. The number of hydrogen-bond acceptors (Lipinski definition) is 6. The zero-order valence-corrected chi connectivity index (χ0v) is 15.6. The monoisotopic (exact) mass is 375 g/mol. The molecule has 1 aromatic carbocycles. The Kier molecular flexibility index (Phi) is 5.83. The minimum absolute atomic E-state index is 0.0459. The molecule has 3 rings (SSSR count). The van der Waals surface area contributed by atoms with Crippen molar-refractivity contribution >= 4 is 23.5 Å². The highest BCUT2D eigenvalue weighted by Gasteiger charge is 2.27. The molecule has 2 heterocycles. The average Bonchev–Trinajstić information content (AvgIpc) is 3.17. The third kappa shape index (κ3) is 4.69. The summed E-state index contributed by atoms with van der Waals surface area (Å²) in [7, 11) is 0. The Bertz CT molecular complexity index is 709. The van der Waals surface area contributed by atoms with Gasteiger partial charge in [0.15, 0.2) is 11.8 Å². The quantitative estimate of drug-likeness (QED) is 0.850. The van der Waals surface area contributed by atoms with Gasteiger partial charge in [0.05, 0.1) is 6.61 Å². The van der Waals surface area contributed by atoms with Crippen LogP contribution in [-0.2, 0) is 14.4 Å². The molecule has 1 saturated heterocycles. The Hall–Kier alpha value is -2.77. The molecule has 1 fully saturated rings. The number of piperazine rings is 1. The Labute approximate surface area is 158 Å². The van der Waals surface area contributed by atoms with Crippen LogP contribution in [0.25, 0.3) is 0 Å². The van der Waals surface area contributed by atoms with Gasteiger partial charge in [0.1, 0.15) is 0 Å². The topological polar surface area (TPSA) is 91.7 Å². The predicted octanol–water partition coefficient (Wildman–Crippen LogP) is 2.50. The highest BCUT2D eigenvalue weighted by molar-refractivity contribution is 6.35. The lowest BCUT2D eigenvalue weighted by Gasteiger charge is -2.35. The lowest BCUT2D eigenvalue weighted by atomic mass is 10.0. The normalized spacial score (nSPS) is 19.7. The van der Waals surface area contributed by atoms with Gasteiger partial charge in [-0.05, 0) is 23.6 Å². The molecule has 2 aliphatic rings. The molecule has 1 N–H and O–H groups in total. The summed E-state index contributed by atoms with van der Waals surface area (Å²) < 4.78 is 5.28. The molecule has 2 aliphatic heterocycles. The molecule has 0 bridgehead atoms. The maximum atomic E-state index is 12.0. The van der Waals surface area contributed by atoms with Gasteiger partial charge in [0.25, 0.3) is 0 Å². The summed E-state index contributed by atoms with van der Waals surface area (Å²) in [5.74, 6) is -0.714. The van der Waals surface area contributed by atoms with E-state index in [-0.39, 0.29) is 24.3 Å². The fraction of sp³-hybridized carbons (Fsp3) is 0.526. The van der Waals surface area contributed by atoms with E-state index in [2.05, 4.69) is 10.1 Å². The Morgan fingerprint density at radius 2 is 1.89 bits per heavy atom. The zero-order valence-electron chi connectivity index (χ0n) is 15.6. The summed E-state index contributed by atoms with van der Waals surface area (Å²) >= 11 is 0. The van der Waals surface area contributed by atoms with Crippen molar-refractivity contribution in [2.75, 3.05) is 37.7 Å². The minimum Gasteiger partial charge on any atom is -0.477 e. The predicted molar refractivity (Wildman–Crippen MR) is 99.9 cm³/mol. The van der Waals surface area contributed by atoms with Crippen molar-refractivity contribution in [3.05, 3.63) is 29.8 Å². The van der Waals surface area contributed by atoms with E-state index in [4.69, 9.17) is 14.7 Å². The number of aliphatic carboxylic acids is 1. The fourth-order valence-corrected chi connectivity index (χ4v) is 3.06. The molecule has 1 amide bonds. The first-order valence-corrected chi connectivity index (χ1v) is 9.16. The number of amides is 1. The molecule has 0 aromatic heterocycles. The molecule has 0 radical (unpaired) electrons. The molecule has 27 heavy (non-hydrogen) atoms. The van der Waals surface area contributed by atoms with Crippen LogP contribution in [0, 0.1) is 5.92 Å². The van der Waals surface area contributed by atoms with Crippen LogP contribution in [0.4, 0.5) is 10.5 Å². The number of carboxylic acid groups (broad SMARTS) is 1. The second kappa shape index (κ2) is 8.28. The second-order valence-electron chi connectivity index (χ2n) is 7.18. The molecule has 0 spiro atoms. The lowest BCUT2D eigenvalue weighted by Crippen LogP contribution is -2.49. The van der Waals surface area contributed by atoms with E-state index in [0.29, 0.717) is 25.6 Å². The Balaban J connectivity index is 1.51. The summed E-state index contributed by atoms with van der Waals surface area (Å²) in [5, 5.41) is 12.6. The van der Waals surface area contributed by atoms with E-state index in [1.54, 1.807) is 4.90 Å². The first kappa shape index (κ1) is 19.0. The van der Waals surface area contributed by atoms with E-state index in [1.165, 1.54) is 0 Å². The number of carbonyl (C=O) groups is 2. The molecular weight excluding hydrogens is 350 g/mol. The first-order chi connectivity index (χ1) is 12.9. The molecule has 146 valence electrons. The number of carboxylic acids is 1. The van der Waals surface area contributed by atoms with E-state index in [9.17, 15) is 9.59 Å². The van der Waals surface area contributed by atoms with Crippen LogP contribution in [0.1, 0.15) is 31.9 Å². The standard InChI is InChI=1S/C19H25N3O5/c1-13(2)12-26-19(25)22-9-7-21(8-10-22)15-5-3-14(4-6-15)17-11-16(18(23)24)20-27-17/h3-6,13,17H,7-12H2,1-2H3,(H,23,24). The zero-order chi connectivity index (χ0) is 19.4. The Morgan fingerprint density at radius 3 is 2.44 bits per heavy atom. The van der Waals surface area contributed by atoms with Gasteiger partial charge in [-0.15, -0.1) is 0 Å². The van der Waals surface area contributed by atoms with Crippen molar-refractivity contribution in [1.82, 2.24) is 4.90 Å². The van der Waals surface area contributed by atoms with E-state index in [1.807, 2.05) is 38.1 Å². The van der Waals surface area contributed by atoms with Gasteiger partial charge in [-0.3, -0.25) is 0 Å².